The van der Waals surface area contributed by atoms with E-state index in [-0.39, 0.29) is 11.8 Å². The fourth-order valence-electron chi connectivity index (χ4n) is 2.09. The van der Waals surface area contributed by atoms with Crippen molar-refractivity contribution in [3.05, 3.63) is 34.9 Å². The number of hydrogen-bond donors (Lipinski definition) is 1. The number of hydrogen-bond acceptors (Lipinski definition) is 2. The van der Waals surface area contributed by atoms with Crippen molar-refractivity contribution in [2.45, 2.75) is 46.2 Å². The van der Waals surface area contributed by atoms with Crippen LogP contribution in [0.3, 0.4) is 0 Å². The highest BCUT2D eigenvalue weighted by Gasteiger charge is 2.25. The minimum Gasteiger partial charge on any atom is -0.355 e. The topological polar surface area (TPSA) is 49.4 Å². The van der Waals surface area contributed by atoms with E-state index in [4.69, 9.17) is 11.6 Å². The molecule has 5 heteroatoms. The quantitative estimate of drug-likeness (QED) is 0.841. The molecular weight excluding hydrogens is 288 g/mol. The number of carbonyl (C=O) groups excluding carboxylic acids is 2. The normalized spacial score (nSPS) is 11.8. The lowest BCUT2D eigenvalue weighted by Crippen LogP contribution is -2.47. The van der Waals surface area contributed by atoms with Crippen LogP contribution in [-0.4, -0.2) is 29.3 Å². The molecule has 0 aromatic heterocycles. The molecule has 116 valence electrons. The van der Waals surface area contributed by atoms with Crippen LogP contribution in [0.15, 0.2) is 24.3 Å². The van der Waals surface area contributed by atoms with Gasteiger partial charge in [-0.25, -0.2) is 0 Å². The third-order valence-electron chi connectivity index (χ3n) is 3.22. The molecule has 1 aromatic rings. The summed E-state index contributed by atoms with van der Waals surface area (Å²) < 4.78 is 0. The Morgan fingerprint density at radius 2 is 2.05 bits per heavy atom. The van der Waals surface area contributed by atoms with E-state index < -0.39 is 6.04 Å². The Kier molecular flexibility index (Phi) is 7.23. The van der Waals surface area contributed by atoms with Gasteiger partial charge in [-0.2, -0.15) is 0 Å². The number of nitrogens with one attached hydrogen (secondary N) is 1. The molecule has 1 unspecified atom stereocenters. The van der Waals surface area contributed by atoms with Gasteiger partial charge in [0.15, 0.2) is 0 Å². The fraction of sp³-hybridized carbons (Fsp3) is 0.500. The maximum absolute atomic E-state index is 12.3. The molecule has 0 radical (unpaired) electrons. The number of amides is 2. The molecule has 0 aliphatic carbocycles. The Balaban J connectivity index is 2.91. The Morgan fingerprint density at radius 1 is 1.33 bits per heavy atom. The second-order valence-corrected chi connectivity index (χ2v) is 5.41. The molecule has 2 amide bonds. The molecule has 4 nitrogen and oxygen atoms in total. The third-order valence-corrected chi connectivity index (χ3v) is 3.46. The van der Waals surface area contributed by atoms with Crippen molar-refractivity contribution >= 4 is 23.4 Å². The third kappa shape index (κ3) is 5.38. The van der Waals surface area contributed by atoms with Gasteiger partial charge in [0.25, 0.3) is 0 Å². The highest BCUT2D eigenvalue weighted by atomic mass is 35.5. The average molecular weight is 311 g/mol. The zero-order valence-corrected chi connectivity index (χ0v) is 13.6. The lowest BCUT2D eigenvalue weighted by Gasteiger charge is -2.28. The first-order valence-electron chi connectivity index (χ1n) is 7.31. The molecule has 1 N–H and O–H groups in total. The monoisotopic (exact) mass is 310 g/mol. The highest BCUT2D eigenvalue weighted by Crippen LogP contribution is 2.15. The molecule has 1 rings (SSSR count). The molecule has 0 spiro atoms. The van der Waals surface area contributed by atoms with Crippen LogP contribution in [0, 0.1) is 0 Å². The van der Waals surface area contributed by atoms with Crippen LogP contribution in [0.1, 0.15) is 39.2 Å². The van der Waals surface area contributed by atoms with Gasteiger partial charge in [-0.15, -0.1) is 0 Å². The van der Waals surface area contributed by atoms with Crippen LogP contribution in [0.5, 0.6) is 0 Å². The van der Waals surface area contributed by atoms with Crippen molar-refractivity contribution in [2.24, 2.45) is 0 Å². The summed E-state index contributed by atoms with van der Waals surface area (Å²) in [5, 5.41) is 3.39. The zero-order valence-electron chi connectivity index (χ0n) is 12.9. The van der Waals surface area contributed by atoms with Crippen molar-refractivity contribution in [1.29, 1.82) is 0 Å². The van der Waals surface area contributed by atoms with E-state index in [0.29, 0.717) is 24.5 Å². The Morgan fingerprint density at radius 3 is 2.62 bits per heavy atom. The van der Waals surface area contributed by atoms with Crippen LogP contribution < -0.4 is 5.32 Å². The van der Waals surface area contributed by atoms with E-state index >= 15 is 0 Å². The van der Waals surface area contributed by atoms with Crippen molar-refractivity contribution < 1.29 is 9.59 Å². The lowest BCUT2D eigenvalue weighted by molar-refractivity contribution is -0.140. The van der Waals surface area contributed by atoms with Gasteiger partial charge < -0.3 is 10.2 Å². The van der Waals surface area contributed by atoms with Gasteiger partial charge in [-0.1, -0.05) is 30.7 Å². The lowest BCUT2D eigenvalue weighted by atomic mass is 10.1. The standard InChI is InChI=1S/C16H23ClN2O2/c1-4-7-15(20)19(12(3)16(21)18-5-2)11-13-8-6-9-14(17)10-13/h6,8-10,12H,4-5,7,11H2,1-3H3,(H,18,21). The smallest absolute Gasteiger partial charge is 0.242 e. The zero-order chi connectivity index (χ0) is 15.8. The first-order chi connectivity index (χ1) is 9.99. The number of rotatable bonds is 7. The van der Waals surface area contributed by atoms with Crippen molar-refractivity contribution in [2.75, 3.05) is 6.54 Å². The van der Waals surface area contributed by atoms with E-state index in [1.54, 1.807) is 17.9 Å². The Bertz CT molecular complexity index is 491. The molecule has 0 bridgehead atoms. The van der Waals surface area contributed by atoms with Crippen LogP contribution in [0.4, 0.5) is 0 Å². The van der Waals surface area contributed by atoms with Crippen LogP contribution in [-0.2, 0) is 16.1 Å². The summed E-state index contributed by atoms with van der Waals surface area (Å²) in [6.45, 7) is 6.50. The summed E-state index contributed by atoms with van der Waals surface area (Å²) in [5.74, 6) is -0.153. The minimum absolute atomic E-state index is 0.0174. The number of likely N-dealkylation sites (N-methyl/N-ethyl adjacent to an activating group) is 1. The van der Waals surface area contributed by atoms with E-state index in [9.17, 15) is 9.59 Å². The van der Waals surface area contributed by atoms with Gasteiger partial charge in [-0.05, 0) is 38.0 Å². The Hall–Kier alpha value is -1.55. The molecule has 21 heavy (non-hydrogen) atoms. The van der Waals surface area contributed by atoms with Gasteiger partial charge in [-0.3, -0.25) is 9.59 Å². The SMILES string of the molecule is CCCC(=O)N(Cc1cccc(Cl)c1)C(C)C(=O)NCC. The summed E-state index contributed by atoms with van der Waals surface area (Å²) in [4.78, 5) is 25.9. The molecule has 0 saturated carbocycles. The Labute approximate surface area is 131 Å². The summed E-state index contributed by atoms with van der Waals surface area (Å²) in [5.41, 5.74) is 0.920. The van der Waals surface area contributed by atoms with Crippen LogP contribution in [0.25, 0.3) is 0 Å². The number of benzene rings is 1. The van der Waals surface area contributed by atoms with E-state index in [0.717, 1.165) is 12.0 Å². The average Bonchev–Trinajstić information content (AvgIpc) is 2.44. The summed E-state index contributed by atoms with van der Waals surface area (Å²) in [7, 11) is 0. The second-order valence-electron chi connectivity index (χ2n) is 4.97. The summed E-state index contributed by atoms with van der Waals surface area (Å²) in [6.07, 6.45) is 1.19. The van der Waals surface area contributed by atoms with Gasteiger partial charge in [0, 0.05) is 24.5 Å². The minimum atomic E-state index is -0.497. The molecule has 1 aromatic carbocycles. The van der Waals surface area contributed by atoms with Gasteiger partial charge in [0.1, 0.15) is 6.04 Å². The summed E-state index contributed by atoms with van der Waals surface area (Å²) >= 11 is 5.98. The predicted octanol–water partition coefficient (Wildman–Crippen LogP) is 2.99. The van der Waals surface area contributed by atoms with E-state index in [2.05, 4.69) is 5.32 Å². The molecule has 0 saturated heterocycles. The van der Waals surface area contributed by atoms with E-state index in [1.165, 1.54) is 0 Å². The second kappa shape index (κ2) is 8.67. The van der Waals surface area contributed by atoms with Crippen molar-refractivity contribution in [3.63, 3.8) is 0 Å². The molecule has 1 atom stereocenters. The predicted molar refractivity (Wildman–Crippen MR) is 85.1 cm³/mol. The molecule has 0 aliphatic heterocycles. The first-order valence-corrected chi connectivity index (χ1v) is 7.69. The maximum Gasteiger partial charge on any atom is 0.242 e. The number of carbonyl (C=O) groups is 2. The molecule has 0 fully saturated rings. The number of nitrogens with zero attached hydrogens (tertiary/aromatic N) is 1. The highest BCUT2D eigenvalue weighted by molar-refractivity contribution is 6.30. The molecule has 0 heterocycles. The summed E-state index contributed by atoms with van der Waals surface area (Å²) in [6, 6.07) is 6.86. The molecular formula is C16H23ClN2O2. The van der Waals surface area contributed by atoms with Gasteiger partial charge >= 0.3 is 0 Å². The first kappa shape index (κ1) is 17.5. The fourth-order valence-corrected chi connectivity index (χ4v) is 2.31. The largest absolute Gasteiger partial charge is 0.355 e. The van der Waals surface area contributed by atoms with E-state index in [1.807, 2.05) is 32.0 Å². The van der Waals surface area contributed by atoms with Crippen LogP contribution >= 0.6 is 11.6 Å². The van der Waals surface area contributed by atoms with Gasteiger partial charge in [0.05, 0.1) is 0 Å². The van der Waals surface area contributed by atoms with Crippen LogP contribution in [0.2, 0.25) is 5.02 Å². The molecule has 0 aliphatic rings. The van der Waals surface area contributed by atoms with Gasteiger partial charge in [0.2, 0.25) is 11.8 Å². The maximum atomic E-state index is 12.3. The van der Waals surface area contributed by atoms with Crippen molar-refractivity contribution in [1.82, 2.24) is 10.2 Å². The number of halogens is 1. The van der Waals surface area contributed by atoms with Crippen molar-refractivity contribution in [3.8, 4) is 0 Å².